The van der Waals surface area contributed by atoms with E-state index in [1.165, 1.54) is 16.7 Å². The second-order valence-electron chi connectivity index (χ2n) is 5.89. The first-order chi connectivity index (χ1) is 11.6. The molecule has 0 fully saturated rings. The zero-order valence-electron chi connectivity index (χ0n) is 13.1. The quantitative estimate of drug-likeness (QED) is 0.734. The number of aromatic amines is 1. The lowest BCUT2D eigenvalue weighted by Crippen LogP contribution is -2.29. The van der Waals surface area contributed by atoms with Crippen molar-refractivity contribution in [2.75, 3.05) is 11.4 Å². The molecular formula is C16H16FN5O2. The molecule has 1 aliphatic heterocycles. The van der Waals surface area contributed by atoms with E-state index in [4.69, 9.17) is 0 Å². The normalized spacial score (nSPS) is 14.7. The highest BCUT2D eigenvalue weighted by molar-refractivity contribution is 5.76. The zero-order chi connectivity index (χ0) is 16.8. The molecule has 0 amide bonds. The number of imidazole rings is 1. The standard InChI is InChI=1S/C16H16FN5O2/c1-20-13-12(14(23)19-16(20)24)22-9-3-2-8-21(15(22)18-13)11-6-4-10(17)5-7-11/h4-7H,2-3,8-9H2,1H3,(H,19,23,24). The Labute approximate surface area is 136 Å². The average Bonchev–Trinajstić information content (AvgIpc) is 2.82. The van der Waals surface area contributed by atoms with E-state index in [0.717, 1.165) is 18.5 Å². The Balaban J connectivity index is 1.99. The summed E-state index contributed by atoms with van der Waals surface area (Å²) in [5.74, 6) is 0.293. The van der Waals surface area contributed by atoms with Crippen molar-refractivity contribution in [3.05, 3.63) is 50.9 Å². The van der Waals surface area contributed by atoms with Gasteiger partial charge in [0, 0.05) is 25.8 Å². The molecule has 7 nitrogen and oxygen atoms in total. The number of fused-ring (bicyclic) bond motifs is 3. The van der Waals surface area contributed by atoms with Crippen molar-refractivity contribution in [2.45, 2.75) is 19.4 Å². The molecule has 8 heteroatoms. The first-order valence-corrected chi connectivity index (χ1v) is 7.79. The van der Waals surface area contributed by atoms with Gasteiger partial charge in [0.25, 0.3) is 5.56 Å². The summed E-state index contributed by atoms with van der Waals surface area (Å²) < 4.78 is 16.4. The van der Waals surface area contributed by atoms with Crippen LogP contribution in [0.1, 0.15) is 12.8 Å². The number of anilines is 2. The highest BCUT2D eigenvalue weighted by Crippen LogP contribution is 2.30. The van der Waals surface area contributed by atoms with E-state index in [2.05, 4.69) is 9.97 Å². The number of hydrogen-bond acceptors (Lipinski definition) is 4. The lowest BCUT2D eigenvalue weighted by molar-refractivity contribution is 0.627. The molecule has 4 rings (SSSR count). The minimum Gasteiger partial charge on any atom is -0.312 e. The van der Waals surface area contributed by atoms with Gasteiger partial charge in [-0.2, -0.15) is 4.98 Å². The van der Waals surface area contributed by atoms with Crippen molar-refractivity contribution in [1.82, 2.24) is 19.1 Å². The molecule has 0 atom stereocenters. The number of benzene rings is 1. The lowest BCUT2D eigenvalue weighted by Gasteiger charge is -2.21. The third-order valence-electron chi connectivity index (χ3n) is 4.38. The number of rotatable bonds is 1. The summed E-state index contributed by atoms with van der Waals surface area (Å²) in [7, 11) is 1.58. The summed E-state index contributed by atoms with van der Waals surface area (Å²) in [4.78, 5) is 32.9. The highest BCUT2D eigenvalue weighted by atomic mass is 19.1. The maximum atomic E-state index is 13.2. The maximum Gasteiger partial charge on any atom is 0.329 e. The molecular weight excluding hydrogens is 313 g/mol. The molecule has 0 aliphatic carbocycles. The Morgan fingerprint density at radius 1 is 1.12 bits per heavy atom. The van der Waals surface area contributed by atoms with E-state index in [-0.39, 0.29) is 5.82 Å². The van der Waals surface area contributed by atoms with Crippen molar-refractivity contribution in [1.29, 1.82) is 0 Å². The molecule has 0 radical (unpaired) electrons. The minimum absolute atomic E-state index is 0.305. The molecule has 0 saturated carbocycles. The summed E-state index contributed by atoms with van der Waals surface area (Å²) in [6.07, 6.45) is 1.81. The van der Waals surface area contributed by atoms with E-state index in [0.29, 0.717) is 30.2 Å². The van der Waals surface area contributed by atoms with E-state index >= 15 is 0 Å². The Morgan fingerprint density at radius 3 is 2.58 bits per heavy atom. The Kier molecular flexibility index (Phi) is 3.26. The van der Waals surface area contributed by atoms with Gasteiger partial charge in [0.05, 0.1) is 0 Å². The molecule has 1 aliphatic rings. The second kappa shape index (κ2) is 5.33. The van der Waals surface area contributed by atoms with Crippen LogP contribution in [-0.2, 0) is 13.6 Å². The van der Waals surface area contributed by atoms with Gasteiger partial charge >= 0.3 is 5.69 Å². The van der Waals surface area contributed by atoms with E-state index < -0.39 is 11.2 Å². The molecule has 124 valence electrons. The fraction of sp³-hybridized carbons (Fsp3) is 0.312. The fourth-order valence-electron chi connectivity index (χ4n) is 3.15. The SMILES string of the molecule is Cn1c(=O)[nH]c(=O)c2c1nc1n2CCCCN1c1ccc(F)cc1. The molecule has 1 aromatic carbocycles. The van der Waals surface area contributed by atoms with Gasteiger partial charge in [0.1, 0.15) is 5.82 Å². The number of halogens is 1. The number of nitrogens with zero attached hydrogens (tertiary/aromatic N) is 4. The molecule has 0 unspecified atom stereocenters. The third-order valence-corrected chi connectivity index (χ3v) is 4.38. The smallest absolute Gasteiger partial charge is 0.312 e. The van der Waals surface area contributed by atoms with Gasteiger partial charge in [-0.3, -0.25) is 14.3 Å². The molecule has 1 N–H and O–H groups in total. The fourth-order valence-corrected chi connectivity index (χ4v) is 3.15. The summed E-state index contributed by atoms with van der Waals surface area (Å²) in [6, 6.07) is 6.17. The van der Waals surface area contributed by atoms with Crippen molar-refractivity contribution in [3.8, 4) is 0 Å². The van der Waals surface area contributed by atoms with Crippen LogP contribution in [0.3, 0.4) is 0 Å². The monoisotopic (exact) mass is 329 g/mol. The Morgan fingerprint density at radius 2 is 1.83 bits per heavy atom. The number of aromatic nitrogens is 4. The van der Waals surface area contributed by atoms with Crippen LogP contribution in [-0.4, -0.2) is 25.6 Å². The molecule has 0 bridgehead atoms. The Bertz CT molecular complexity index is 1030. The number of H-pyrrole nitrogens is 1. The van der Waals surface area contributed by atoms with Gasteiger partial charge < -0.3 is 9.47 Å². The van der Waals surface area contributed by atoms with Gasteiger partial charge in [-0.1, -0.05) is 0 Å². The molecule has 0 saturated heterocycles. The van der Waals surface area contributed by atoms with Crippen LogP contribution in [0.5, 0.6) is 0 Å². The van der Waals surface area contributed by atoms with Crippen LogP contribution in [0.15, 0.2) is 33.9 Å². The molecule has 0 spiro atoms. The molecule has 2 aromatic heterocycles. The number of hydrogen-bond donors (Lipinski definition) is 1. The summed E-state index contributed by atoms with van der Waals surface area (Å²) >= 11 is 0. The first kappa shape index (κ1) is 14.7. The van der Waals surface area contributed by atoms with Crippen molar-refractivity contribution in [2.24, 2.45) is 7.05 Å². The summed E-state index contributed by atoms with van der Waals surface area (Å²) in [6.45, 7) is 1.35. The second-order valence-corrected chi connectivity index (χ2v) is 5.89. The maximum absolute atomic E-state index is 13.2. The van der Waals surface area contributed by atoms with Crippen LogP contribution in [0, 0.1) is 5.82 Å². The van der Waals surface area contributed by atoms with Crippen LogP contribution in [0.2, 0.25) is 0 Å². The van der Waals surface area contributed by atoms with E-state index in [1.54, 1.807) is 19.2 Å². The molecule has 3 heterocycles. The average molecular weight is 329 g/mol. The predicted octanol–water partition coefficient (Wildman–Crippen LogP) is 1.49. The van der Waals surface area contributed by atoms with E-state index in [1.807, 2.05) is 9.47 Å². The predicted molar refractivity (Wildman–Crippen MR) is 88.2 cm³/mol. The van der Waals surface area contributed by atoms with Gasteiger partial charge in [0.15, 0.2) is 11.2 Å². The molecule has 24 heavy (non-hydrogen) atoms. The van der Waals surface area contributed by atoms with E-state index in [9.17, 15) is 14.0 Å². The lowest BCUT2D eigenvalue weighted by atomic mass is 10.2. The van der Waals surface area contributed by atoms with Gasteiger partial charge in [-0.25, -0.2) is 9.18 Å². The molecule has 3 aromatic rings. The minimum atomic E-state index is -0.492. The van der Waals surface area contributed by atoms with Gasteiger partial charge in [0.2, 0.25) is 5.95 Å². The summed E-state index contributed by atoms with van der Waals surface area (Å²) in [5.41, 5.74) is 0.618. The van der Waals surface area contributed by atoms with Gasteiger partial charge in [-0.15, -0.1) is 0 Å². The highest BCUT2D eigenvalue weighted by Gasteiger charge is 2.24. The topological polar surface area (TPSA) is 75.9 Å². The van der Waals surface area contributed by atoms with Crippen LogP contribution in [0.25, 0.3) is 11.2 Å². The first-order valence-electron chi connectivity index (χ1n) is 7.79. The largest absolute Gasteiger partial charge is 0.329 e. The van der Waals surface area contributed by atoms with Crippen molar-refractivity contribution in [3.63, 3.8) is 0 Å². The number of nitrogens with one attached hydrogen (secondary N) is 1. The number of aryl methyl sites for hydroxylation is 2. The van der Waals surface area contributed by atoms with Crippen LogP contribution < -0.4 is 16.1 Å². The zero-order valence-corrected chi connectivity index (χ0v) is 13.1. The Hall–Kier alpha value is -2.90. The van der Waals surface area contributed by atoms with Gasteiger partial charge in [-0.05, 0) is 37.1 Å². The van der Waals surface area contributed by atoms with Crippen LogP contribution >= 0.6 is 0 Å². The summed E-state index contributed by atoms with van der Waals surface area (Å²) in [5, 5.41) is 0. The van der Waals surface area contributed by atoms with Crippen molar-refractivity contribution >= 4 is 22.8 Å². The third kappa shape index (κ3) is 2.14. The van der Waals surface area contributed by atoms with Crippen LogP contribution in [0.4, 0.5) is 16.0 Å². The van der Waals surface area contributed by atoms with Crippen molar-refractivity contribution < 1.29 is 4.39 Å².